The van der Waals surface area contributed by atoms with Gasteiger partial charge in [0, 0.05) is 6.08 Å². The predicted octanol–water partition coefficient (Wildman–Crippen LogP) is 3.64. The number of alkyl halides is 9. The summed E-state index contributed by atoms with van der Waals surface area (Å²) in [5.41, 5.74) is -5.29. The Bertz CT molecular complexity index is 234. The Kier molecular flexibility index (Phi) is 3.70. The second kappa shape index (κ2) is 3.93. The molecule has 1 unspecified atom stereocenters. The molecule has 0 aliphatic heterocycles. The van der Waals surface area contributed by atoms with Gasteiger partial charge in [-0.15, -0.1) is 0 Å². The van der Waals surface area contributed by atoms with Crippen LogP contribution in [0.4, 0.5) is 39.5 Å². The highest BCUT2D eigenvalue weighted by molar-refractivity contribution is 5.10. The normalized spacial score (nSPS) is 18.5. The number of hydrogen-bond donors (Lipinski definition) is 0. The van der Waals surface area contributed by atoms with Crippen LogP contribution in [-0.4, -0.2) is 24.4 Å². The van der Waals surface area contributed by atoms with Gasteiger partial charge in [-0.1, -0.05) is 0 Å². The third-order valence-electron chi connectivity index (χ3n) is 1.27. The Morgan fingerprint density at radius 2 is 1.13 bits per heavy atom. The van der Waals surface area contributed by atoms with E-state index in [2.05, 4.69) is 0 Å². The van der Waals surface area contributed by atoms with Crippen LogP contribution in [0.2, 0.25) is 0 Å². The molecule has 0 heterocycles. The van der Waals surface area contributed by atoms with Crippen LogP contribution in [0.15, 0.2) is 12.2 Å². The van der Waals surface area contributed by atoms with Crippen LogP contribution in [0.5, 0.6) is 0 Å². The molecule has 15 heavy (non-hydrogen) atoms. The molecular weight excluding hydrogens is 243 g/mol. The Morgan fingerprint density at radius 1 is 0.733 bits per heavy atom. The molecule has 0 aromatic rings. The summed E-state index contributed by atoms with van der Waals surface area (Å²) in [6.07, 6.45) is -18.5. The van der Waals surface area contributed by atoms with Gasteiger partial charge in [0.2, 0.25) is 0 Å². The first-order chi connectivity index (χ1) is 6.40. The molecule has 0 nitrogen and oxygen atoms in total. The van der Waals surface area contributed by atoms with Gasteiger partial charge in [-0.05, 0) is 6.08 Å². The predicted molar refractivity (Wildman–Crippen MR) is 31.1 cm³/mol. The van der Waals surface area contributed by atoms with Gasteiger partial charge in [-0.2, -0.15) is 26.3 Å². The maximum absolute atomic E-state index is 12.5. The zero-order valence-electron chi connectivity index (χ0n) is 6.63. The third kappa shape index (κ3) is 3.63. The maximum atomic E-state index is 12.5. The van der Waals surface area contributed by atoms with Crippen molar-refractivity contribution in [3.05, 3.63) is 12.2 Å². The first-order valence-electron chi connectivity index (χ1n) is 3.21. The molecule has 9 heteroatoms. The second-order valence-corrected chi connectivity index (χ2v) is 2.44. The summed E-state index contributed by atoms with van der Waals surface area (Å²) in [5.74, 6) is 0. The van der Waals surface area contributed by atoms with Crippen LogP contribution in [0.3, 0.4) is 0 Å². The minimum atomic E-state index is -6.11. The van der Waals surface area contributed by atoms with Crippen molar-refractivity contribution < 1.29 is 39.5 Å². The van der Waals surface area contributed by atoms with Crippen LogP contribution in [0.25, 0.3) is 0 Å². The van der Waals surface area contributed by atoms with Crippen molar-refractivity contribution in [2.24, 2.45) is 0 Å². The number of hydrogen-bond acceptors (Lipinski definition) is 0. The lowest BCUT2D eigenvalue weighted by Gasteiger charge is -2.23. The van der Waals surface area contributed by atoms with Gasteiger partial charge >= 0.3 is 12.4 Å². The molecule has 0 saturated heterocycles. The molecule has 0 aromatic carbocycles. The van der Waals surface area contributed by atoms with Gasteiger partial charge in [-0.3, -0.25) is 0 Å². The van der Waals surface area contributed by atoms with Crippen LogP contribution in [0.1, 0.15) is 0 Å². The van der Waals surface area contributed by atoms with Crippen molar-refractivity contribution >= 4 is 0 Å². The highest BCUT2D eigenvalue weighted by atomic mass is 19.4. The van der Waals surface area contributed by atoms with Crippen molar-refractivity contribution in [2.75, 3.05) is 0 Å². The van der Waals surface area contributed by atoms with Crippen molar-refractivity contribution in [1.29, 1.82) is 0 Å². The fourth-order valence-corrected chi connectivity index (χ4v) is 0.507. The molecule has 0 fully saturated rings. The van der Waals surface area contributed by atoms with Crippen molar-refractivity contribution in [2.45, 2.75) is 24.4 Å². The Labute approximate surface area is 77.4 Å². The molecule has 0 aliphatic rings. The lowest BCUT2D eigenvalue weighted by atomic mass is 10.1. The highest BCUT2D eigenvalue weighted by Crippen LogP contribution is 2.40. The smallest absolute Gasteiger partial charge is 0.223 e. The standard InChI is InChI=1S/C6H3F9/c7-3(8)4(9,6(13,14)15)1-2-5(10,11)12/h1-3H. The van der Waals surface area contributed by atoms with E-state index < -0.39 is 36.6 Å². The minimum absolute atomic E-state index is 1.22. The largest absolute Gasteiger partial charge is 0.431 e. The first-order valence-corrected chi connectivity index (χ1v) is 3.21. The van der Waals surface area contributed by atoms with Gasteiger partial charge in [0.15, 0.2) is 0 Å². The summed E-state index contributed by atoms with van der Waals surface area (Å²) in [6.45, 7) is 0. The Balaban J connectivity index is 5.09. The van der Waals surface area contributed by atoms with E-state index in [1.165, 1.54) is 0 Å². The monoisotopic (exact) mass is 246 g/mol. The SMILES string of the molecule is FC(F)C(F)(C=CC(F)(F)F)C(F)(F)F. The molecule has 0 spiro atoms. The number of halogens is 9. The van der Waals surface area contributed by atoms with Gasteiger partial charge < -0.3 is 0 Å². The van der Waals surface area contributed by atoms with Gasteiger partial charge in [0.1, 0.15) is 0 Å². The van der Waals surface area contributed by atoms with E-state index in [4.69, 9.17) is 0 Å². The van der Waals surface area contributed by atoms with Crippen molar-refractivity contribution in [1.82, 2.24) is 0 Å². The number of allylic oxidation sites excluding steroid dienone is 2. The van der Waals surface area contributed by atoms with E-state index in [0.717, 1.165) is 0 Å². The molecule has 0 bridgehead atoms. The van der Waals surface area contributed by atoms with Gasteiger partial charge in [0.25, 0.3) is 12.1 Å². The van der Waals surface area contributed by atoms with E-state index in [1.54, 1.807) is 0 Å². The average molecular weight is 246 g/mol. The molecular formula is C6H3F9. The molecule has 0 radical (unpaired) electrons. The topological polar surface area (TPSA) is 0 Å². The van der Waals surface area contributed by atoms with Crippen LogP contribution in [0, 0.1) is 0 Å². The molecule has 90 valence electrons. The lowest BCUT2D eigenvalue weighted by molar-refractivity contribution is -0.248. The zero-order chi connectivity index (χ0) is 12.5. The third-order valence-corrected chi connectivity index (χ3v) is 1.27. The Hall–Kier alpha value is -0.890. The highest BCUT2D eigenvalue weighted by Gasteiger charge is 2.61. The van der Waals surface area contributed by atoms with E-state index in [1.807, 2.05) is 0 Å². The van der Waals surface area contributed by atoms with Gasteiger partial charge in [0.05, 0.1) is 0 Å². The van der Waals surface area contributed by atoms with Crippen LogP contribution >= 0.6 is 0 Å². The molecule has 0 N–H and O–H groups in total. The van der Waals surface area contributed by atoms with E-state index in [9.17, 15) is 39.5 Å². The fourth-order valence-electron chi connectivity index (χ4n) is 0.507. The molecule has 1 atom stereocenters. The summed E-state index contributed by atoms with van der Waals surface area (Å²) in [4.78, 5) is 0. The molecule has 0 aliphatic carbocycles. The molecule has 0 amide bonds. The molecule has 0 saturated carbocycles. The van der Waals surface area contributed by atoms with Crippen LogP contribution < -0.4 is 0 Å². The maximum Gasteiger partial charge on any atom is 0.431 e. The molecule has 0 rings (SSSR count). The molecule has 0 aromatic heterocycles. The van der Waals surface area contributed by atoms with Crippen molar-refractivity contribution in [3.8, 4) is 0 Å². The van der Waals surface area contributed by atoms with Crippen LogP contribution in [-0.2, 0) is 0 Å². The fraction of sp³-hybridized carbons (Fsp3) is 0.667. The quantitative estimate of drug-likeness (QED) is 0.515. The summed E-state index contributed by atoms with van der Waals surface area (Å²) in [6, 6.07) is 0. The van der Waals surface area contributed by atoms with Crippen molar-refractivity contribution in [3.63, 3.8) is 0 Å². The average Bonchev–Trinajstić information content (AvgIpc) is 1.95. The van der Waals surface area contributed by atoms with Gasteiger partial charge in [-0.25, -0.2) is 13.2 Å². The lowest BCUT2D eigenvalue weighted by Crippen LogP contribution is -2.45. The van der Waals surface area contributed by atoms with E-state index in [0.29, 0.717) is 0 Å². The van der Waals surface area contributed by atoms with E-state index in [-0.39, 0.29) is 0 Å². The summed E-state index contributed by atoms with van der Waals surface area (Å²) < 4.78 is 105. The second-order valence-electron chi connectivity index (χ2n) is 2.44. The first kappa shape index (κ1) is 14.1. The number of rotatable bonds is 2. The summed E-state index contributed by atoms with van der Waals surface area (Å²) in [7, 11) is 0. The van der Waals surface area contributed by atoms with E-state index >= 15 is 0 Å². The minimum Gasteiger partial charge on any atom is -0.223 e. The summed E-state index contributed by atoms with van der Waals surface area (Å²) >= 11 is 0. The zero-order valence-corrected chi connectivity index (χ0v) is 6.63. The summed E-state index contributed by atoms with van der Waals surface area (Å²) in [5, 5.41) is 0. The Morgan fingerprint density at radius 3 is 1.33 bits per heavy atom.